The molecule has 1 aromatic carbocycles. The van der Waals surface area contributed by atoms with E-state index >= 15 is 0 Å². The van der Waals surface area contributed by atoms with Gasteiger partial charge >= 0.3 is 78.9 Å². The van der Waals surface area contributed by atoms with Crippen LogP contribution in [0.4, 0.5) is 0 Å². The van der Waals surface area contributed by atoms with Crippen molar-refractivity contribution >= 4 is 19.4 Å². The molecule has 0 amide bonds. The first-order valence-electron chi connectivity index (χ1n) is 3.91. The van der Waals surface area contributed by atoms with Gasteiger partial charge in [-0.1, -0.05) is 0 Å². The summed E-state index contributed by atoms with van der Waals surface area (Å²) >= 11 is 0.427. The minimum atomic E-state index is 0.251. The summed E-state index contributed by atoms with van der Waals surface area (Å²) in [5.41, 5.74) is 0. The van der Waals surface area contributed by atoms with Crippen molar-refractivity contribution in [3.05, 3.63) is 41.4 Å². The Kier molecular flexibility index (Phi) is 4.77. The van der Waals surface area contributed by atoms with Crippen molar-refractivity contribution in [1.29, 1.82) is 0 Å². The average Bonchev–Trinajstić information content (AvgIpc) is 2.14. The first kappa shape index (κ1) is 9.53. The van der Waals surface area contributed by atoms with Crippen molar-refractivity contribution in [3.8, 4) is 0 Å². The third kappa shape index (κ3) is 3.72. The van der Waals surface area contributed by atoms with Gasteiger partial charge in [-0.3, -0.25) is 0 Å². The summed E-state index contributed by atoms with van der Waals surface area (Å²) in [6, 6.07) is 10.4. The number of hydrogen-bond donors (Lipinski definition) is 1. The van der Waals surface area contributed by atoms with Gasteiger partial charge in [0.15, 0.2) is 0 Å². The summed E-state index contributed by atoms with van der Waals surface area (Å²) in [6.07, 6.45) is 2.81. The van der Waals surface area contributed by atoms with Crippen molar-refractivity contribution in [2.75, 3.05) is 6.61 Å². The first-order valence-corrected chi connectivity index (χ1v) is 5.75. The predicted octanol–water partition coefficient (Wildman–Crippen LogP) is 0.912. The Balaban J connectivity index is 2.33. The van der Waals surface area contributed by atoms with Gasteiger partial charge in [-0.05, 0) is 0 Å². The first-order chi connectivity index (χ1) is 5.93. The van der Waals surface area contributed by atoms with E-state index in [9.17, 15) is 0 Å². The average molecular weight is 227 g/mol. The van der Waals surface area contributed by atoms with E-state index in [1.165, 1.54) is 4.46 Å². The second kappa shape index (κ2) is 6.01. The Bertz CT molecular complexity index is 231. The quantitative estimate of drug-likeness (QED) is 0.758. The van der Waals surface area contributed by atoms with Crippen LogP contribution in [-0.4, -0.2) is 26.7 Å². The van der Waals surface area contributed by atoms with Crippen molar-refractivity contribution in [3.63, 3.8) is 0 Å². The van der Waals surface area contributed by atoms with Gasteiger partial charge in [0.2, 0.25) is 0 Å². The van der Waals surface area contributed by atoms with E-state index in [1.807, 2.05) is 12.1 Å². The van der Waals surface area contributed by atoms with Gasteiger partial charge in [-0.2, -0.15) is 0 Å². The minimum absolute atomic E-state index is 0.251. The monoisotopic (exact) mass is 228 g/mol. The molecular weight excluding hydrogens is 215 g/mol. The van der Waals surface area contributed by atoms with Crippen LogP contribution in [0.1, 0.15) is 6.42 Å². The molecule has 1 nitrogen and oxygen atoms in total. The van der Waals surface area contributed by atoms with Gasteiger partial charge in [0, 0.05) is 0 Å². The molecule has 0 bridgehead atoms. The zero-order valence-electron chi connectivity index (χ0n) is 6.81. The second-order valence-corrected chi connectivity index (χ2v) is 4.37. The zero-order chi connectivity index (χ0) is 8.65. The molecule has 0 aliphatic carbocycles. The van der Waals surface area contributed by atoms with Crippen molar-refractivity contribution in [2.45, 2.75) is 6.42 Å². The number of aliphatic hydroxyl groups excluding tert-OH is 1. The van der Waals surface area contributed by atoms with Crippen LogP contribution >= 0.6 is 0 Å². The molecule has 0 radical (unpaired) electrons. The SMILES string of the molecule is OCC/C=C\[Se]c1ccccc1. The third-order valence-electron chi connectivity index (χ3n) is 1.34. The van der Waals surface area contributed by atoms with Crippen LogP contribution in [0, 0.1) is 0 Å². The van der Waals surface area contributed by atoms with Crippen molar-refractivity contribution in [2.24, 2.45) is 0 Å². The maximum atomic E-state index is 8.52. The zero-order valence-corrected chi connectivity index (χ0v) is 8.52. The Labute approximate surface area is 79.3 Å². The van der Waals surface area contributed by atoms with Crippen molar-refractivity contribution < 1.29 is 5.11 Å². The topological polar surface area (TPSA) is 20.2 Å². The molecule has 1 aromatic rings. The number of hydrogen-bond acceptors (Lipinski definition) is 1. The molecule has 1 N–H and O–H groups in total. The fraction of sp³-hybridized carbons (Fsp3) is 0.200. The van der Waals surface area contributed by atoms with Crippen molar-refractivity contribution in [1.82, 2.24) is 0 Å². The Hall–Kier alpha value is -0.561. The van der Waals surface area contributed by atoms with Crippen LogP contribution in [0.3, 0.4) is 0 Å². The van der Waals surface area contributed by atoms with Crippen LogP contribution < -0.4 is 4.46 Å². The van der Waals surface area contributed by atoms with Gasteiger partial charge in [0.25, 0.3) is 0 Å². The number of benzene rings is 1. The van der Waals surface area contributed by atoms with Crippen LogP contribution in [0.5, 0.6) is 0 Å². The van der Waals surface area contributed by atoms with Gasteiger partial charge in [-0.15, -0.1) is 0 Å². The third-order valence-corrected chi connectivity index (χ3v) is 3.17. The van der Waals surface area contributed by atoms with Gasteiger partial charge in [0.05, 0.1) is 0 Å². The molecule has 0 atom stereocenters. The van der Waals surface area contributed by atoms with Crippen LogP contribution in [0.25, 0.3) is 0 Å². The van der Waals surface area contributed by atoms with Gasteiger partial charge in [0.1, 0.15) is 0 Å². The molecule has 12 heavy (non-hydrogen) atoms. The Morgan fingerprint density at radius 1 is 1.25 bits per heavy atom. The van der Waals surface area contributed by atoms with E-state index in [2.05, 4.69) is 29.2 Å². The summed E-state index contributed by atoms with van der Waals surface area (Å²) in [7, 11) is 0. The molecule has 2 heteroatoms. The standard InChI is InChI=1S/C10H12OSe/c11-8-4-5-9-12-10-6-2-1-3-7-10/h1-3,5-7,9,11H,4,8H2/b9-5-. The fourth-order valence-electron chi connectivity index (χ4n) is 0.768. The molecule has 0 fully saturated rings. The Morgan fingerprint density at radius 3 is 2.67 bits per heavy atom. The molecule has 1 rings (SSSR count). The summed E-state index contributed by atoms with van der Waals surface area (Å²) in [5.74, 6) is 0. The summed E-state index contributed by atoms with van der Waals surface area (Å²) in [4.78, 5) is 2.15. The van der Waals surface area contributed by atoms with E-state index in [-0.39, 0.29) is 6.61 Å². The van der Waals surface area contributed by atoms with Gasteiger partial charge in [-0.25, -0.2) is 0 Å². The Morgan fingerprint density at radius 2 is 2.00 bits per heavy atom. The van der Waals surface area contributed by atoms with E-state index in [0.717, 1.165) is 6.42 Å². The molecule has 0 heterocycles. The fourth-order valence-corrected chi connectivity index (χ4v) is 2.24. The predicted molar refractivity (Wildman–Crippen MR) is 52.7 cm³/mol. The summed E-state index contributed by atoms with van der Waals surface area (Å²) in [5, 5.41) is 8.52. The number of rotatable bonds is 4. The number of aliphatic hydroxyl groups is 1. The van der Waals surface area contributed by atoms with Crippen LogP contribution in [0.15, 0.2) is 41.4 Å². The molecular formula is C10H12OSe. The van der Waals surface area contributed by atoms with E-state index < -0.39 is 0 Å². The summed E-state index contributed by atoms with van der Waals surface area (Å²) < 4.78 is 1.37. The summed E-state index contributed by atoms with van der Waals surface area (Å²) in [6.45, 7) is 0.251. The molecule has 0 aromatic heterocycles. The molecule has 0 aliphatic rings. The van der Waals surface area contributed by atoms with Gasteiger partial charge < -0.3 is 0 Å². The molecule has 0 unspecified atom stereocenters. The molecule has 0 saturated carbocycles. The van der Waals surface area contributed by atoms with E-state index in [0.29, 0.717) is 15.0 Å². The molecule has 64 valence electrons. The van der Waals surface area contributed by atoms with Crippen LogP contribution in [0.2, 0.25) is 0 Å². The second-order valence-electron chi connectivity index (χ2n) is 2.31. The molecule has 0 saturated heterocycles. The van der Waals surface area contributed by atoms with Crippen LogP contribution in [-0.2, 0) is 0 Å². The van der Waals surface area contributed by atoms with E-state index in [4.69, 9.17) is 5.11 Å². The van der Waals surface area contributed by atoms with E-state index in [1.54, 1.807) is 0 Å². The molecule has 0 spiro atoms. The maximum absolute atomic E-state index is 8.52. The molecule has 0 aliphatic heterocycles. The normalized spacial score (nSPS) is 10.8.